The van der Waals surface area contributed by atoms with Crippen molar-refractivity contribution in [1.82, 2.24) is 15.2 Å². The average molecular weight is 548 g/mol. The van der Waals surface area contributed by atoms with Gasteiger partial charge in [0.2, 0.25) is 0 Å². The Hall–Kier alpha value is -3.11. The number of halogens is 3. The molecule has 0 atom stereocenters. The van der Waals surface area contributed by atoms with Crippen molar-refractivity contribution < 1.29 is 18.7 Å². The van der Waals surface area contributed by atoms with E-state index in [4.69, 9.17) is 38.4 Å². The molecule has 1 aromatic heterocycles. The van der Waals surface area contributed by atoms with E-state index in [-0.39, 0.29) is 23.5 Å². The molecule has 3 aromatic rings. The number of hydrogen-bond acceptors (Lipinski definition) is 6. The van der Waals surface area contributed by atoms with Gasteiger partial charge in [-0.3, -0.25) is 4.90 Å². The summed E-state index contributed by atoms with van der Waals surface area (Å²) in [7, 11) is 0. The SMILES string of the molecule is Nc1ncc(-c2ccc(NC(=O)NCCN3CCOCC3)cc2)cc1OCCc1c(Cl)ccc(F)c1Cl. The monoisotopic (exact) mass is 547 g/mol. The smallest absolute Gasteiger partial charge is 0.319 e. The van der Waals surface area contributed by atoms with Crippen LogP contribution in [0.15, 0.2) is 48.7 Å². The number of nitrogens with zero attached hydrogens (tertiary/aromatic N) is 2. The molecule has 1 saturated heterocycles. The van der Waals surface area contributed by atoms with Crippen LogP contribution in [0.5, 0.6) is 5.75 Å². The normalized spacial score (nSPS) is 13.8. The highest BCUT2D eigenvalue weighted by atomic mass is 35.5. The van der Waals surface area contributed by atoms with Crippen molar-refractivity contribution >= 4 is 40.7 Å². The molecule has 196 valence electrons. The van der Waals surface area contributed by atoms with Gasteiger partial charge < -0.3 is 25.8 Å². The fourth-order valence-electron chi connectivity index (χ4n) is 3.86. The minimum absolute atomic E-state index is 0.0181. The standard InChI is InChI=1S/C26H28Cl2FN5O3/c27-21-5-6-22(29)24(28)20(21)7-12-37-23-15-18(16-32-25(23)30)17-1-3-19(4-2-17)33-26(35)31-8-9-34-10-13-36-14-11-34/h1-6,15-16H,7-14H2,(H2,30,32)(H2,31,33,35). The van der Waals surface area contributed by atoms with Gasteiger partial charge in [-0.25, -0.2) is 14.2 Å². The third kappa shape index (κ3) is 7.45. The second-order valence-electron chi connectivity index (χ2n) is 8.44. The number of aromatic nitrogens is 1. The molecule has 2 heterocycles. The van der Waals surface area contributed by atoms with Crippen molar-refractivity contribution in [2.24, 2.45) is 0 Å². The summed E-state index contributed by atoms with van der Waals surface area (Å²) in [5.74, 6) is 0.0860. The number of ether oxygens (including phenoxy) is 2. The number of hydrogen-bond donors (Lipinski definition) is 3. The van der Waals surface area contributed by atoms with E-state index in [1.165, 1.54) is 12.1 Å². The largest absolute Gasteiger partial charge is 0.489 e. The van der Waals surface area contributed by atoms with E-state index in [0.29, 0.717) is 35.0 Å². The number of amides is 2. The maximum Gasteiger partial charge on any atom is 0.319 e. The Morgan fingerprint density at radius 2 is 1.89 bits per heavy atom. The van der Waals surface area contributed by atoms with Crippen LogP contribution in [0.25, 0.3) is 11.1 Å². The molecule has 0 saturated carbocycles. The number of carbonyl (C=O) groups is 1. The highest BCUT2D eigenvalue weighted by Crippen LogP contribution is 2.30. The Labute approximate surface area is 224 Å². The molecule has 0 unspecified atom stereocenters. The predicted molar refractivity (Wildman–Crippen MR) is 144 cm³/mol. The molecule has 8 nitrogen and oxygen atoms in total. The number of rotatable bonds is 9. The van der Waals surface area contributed by atoms with Crippen LogP contribution in [-0.4, -0.2) is 61.9 Å². The number of pyridine rings is 1. The Balaban J connectivity index is 1.30. The predicted octanol–water partition coefficient (Wildman–Crippen LogP) is 4.85. The maximum atomic E-state index is 13.7. The van der Waals surface area contributed by atoms with Crippen molar-refractivity contribution in [3.8, 4) is 16.9 Å². The van der Waals surface area contributed by atoms with Crippen LogP contribution >= 0.6 is 23.2 Å². The van der Waals surface area contributed by atoms with Gasteiger partial charge in [-0.15, -0.1) is 0 Å². The summed E-state index contributed by atoms with van der Waals surface area (Å²) in [4.78, 5) is 18.7. The summed E-state index contributed by atoms with van der Waals surface area (Å²) >= 11 is 12.2. The van der Waals surface area contributed by atoms with E-state index in [2.05, 4.69) is 20.5 Å². The molecular weight excluding hydrogens is 520 g/mol. The first-order valence-corrected chi connectivity index (χ1v) is 12.6. The van der Waals surface area contributed by atoms with E-state index in [1.807, 2.05) is 24.3 Å². The maximum absolute atomic E-state index is 13.7. The van der Waals surface area contributed by atoms with Gasteiger partial charge in [-0.2, -0.15) is 0 Å². The Morgan fingerprint density at radius 3 is 2.65 bits per heavy atom. The lowest BCUT2D eigenvalue weighted by Crippen LogP contribution is -2.42. The number of nitrogens with one attached hydrogen (secondary N) is 2. The number of carbonyl (C=O) groups excluding carboxylic acids is 1. The van der Waals surface area contributed by atoms with Crippen LogP contribution in [0, 0.1) is 5.82 Å². The molecule has 4 N–H and O–H groups in total. The number of morpholine rings is 1. The second-order valence-corrected chi connectivity index (χ2v) is 9.23. The number of anilines is 2. The van der Waals surface area contributed by atoms with E-state index >= 15 is 0 Å². The molecule has 2 aromatic carbocycles. The lowest BCUT2D eigenvalue weighted by atomic mass is 10.1. The van der Waals surface area contributed by atoms with Crippen LogP contribution < -0.4 is 21.1 Å². The fourth-order valence-corrected chi connectivity index (χ4v) is 4.42. The topological polar surface area (TPSA) is 102 Å². The van der Waals surface area contributed by atoms with Crippen molar-refractivity contribution in [2.45, 2.75) is 6.42 Å². The van der Waals surface area contributed by atoms with Gasteiger partial charge in [0.15, 0.2) is 11.6 Å². The third-order valence-electron chi connectivity index (χ3n) is 5.92. The molecule has 11 heteroatoms. The van der Waals surface area contributed by atoms with Crippen LogP contribution in [-0.2, 0) is 11.2 Å². The molecule has 1 fully saturated rings. The highest BCUT2D eigenvalue weighted by Gasteiger charge is 2.13. The summed E-state index contributed by atoms with van der Waals surface area (Å²) in [5, 5.41) is 6.05. The van der Waals surface area contributed by atoms with E-state index in [9.17, 15) is 9.18 Å². The van der Waals surface area contributed by atoms with Crippen molar-refractivity contribution in [2.75, 3.05) is 57.1 Å². The molecule has 0 spiro atoms. The molecule has 0 aliphatic carbocycles. The summed E-state index contributed by atoms with van der Waals surface area (Å²) < 4.78 is 24.9. The number of urea groups is 1. The molecule has 1 aliphatic heterocycles. The fraction of sp³-hybridized carbons (Fsp3) is 0.308. The zero-order valence-electron chi connectivity index (χ0n) is 20.1. The lowest BCUT2D eigenvalue weighted by molar-refractivity contribution is 0.0388. The Bertz CT molecular complexity index is 1220. The Morgan fingerprint density at radius 1 is 1.14 bits per heavy atom. The van der Waals surface area contributed by atoms with Crippen LogP contribution in [0.3, 0.4) is 0 Å². The van der Waals surface area contributed by atoms with Crippen LogP contribution in [0.4, 0.5) is 20.7 Å². The molecule has 37 heavy (non-hydrogen) atoms. The molecular formula is C26H28Cl2FN5O3. The minimum atomic E-state index is -0.535. The molecule has 0 bridgehead atoms. The second kappa shape index (κ2) is 12.9. The van der Waals surface area contributed by atoms with Gasteiger partial charge in [0.05, 0.1) is 24.8 Å². The quantitative estimate of drug-likeness (QED) is 0.331. The van der Waals surface area contributed by atoms with Crippen molar-refractivity contribution in [1.29, 1.82) is 0 Å². The van der Waals surface area contributed by atoms with Gasteiger partial charge in [0, 0.05) is 55.1 Å². The highest BCUT2D eigenvalue weighted by molar-refractivity contribution is 6.36. The Kier molecular flexibility index (Phi) is 9.40. The number of nitrogen functional groups attached to an aromatic ring is 1. The van der Waals surface area contributed by atoms with Crippen molar-refractivity contribution in [3.05, 3.63) is 70.1 Å². The summed E-state index contributed by atoms with van der Waals surface area (Å²) in [6.45, 7) is 4.75. The molecule has 0 radical (unpaired) electrons. The van der Waals surface area contributed by atoms with Crippen LogP contribution in [0.2, 0.25) is 10.0 Å². The van der Waals surface area contributed by atoms with Crippen molar-refractivity contribution in [3.63, 3.8) is 0 Å². The first-order valence-electron chi connectivity index (χ1n) is 11.9. The summed E-state index contributed by atoms with van der Waals surface area (Å²) in [6, 6.07) is 11.5. The first-order chi connectivity index (χ1) is 17.9. The average Bonchev–Trinajstić information content (AvgIpc) is 2.90. The summed E-state index contributed by atoms with van der Waals surface area (Å²) in [6.07, 6.45) is 1.94. The molecule has 2 amide bonds. The summed E-state index contributed by atoms with van der Waals surface area (Å²) in [5.41, 5.74) is 8.77. The van der Waals surface area contributed by atoms with Gasteiger partial charge >= 0.3 is 6.03 Å². The van der Waals surface area contributed by atoms with E-state index < -0.39 is 5.82 Å². The minimum Gasteiger partial charge on any atom is -0.489 e. The van der Waals surface area contributed by atoms with Crippen LogP contribution in [0.1, 0.15) is 5.56 Å². The van der Waals surface area contributed by atoms with E-state index in [1.54, 1.807) is 12.3 Å². The van der Waals surface area contributed by atoms with Gasteiger partial charge in [0.1, 0.15) is 5.82 Å². The van der Waals surface area contributed by atoms with E-state index in [0.717, 1.165) is 44.0 Å². The zero-order chi connectivity index (χ0) is 26.2. The molecule has 1 aliphatic rings. The number of benzene rings is 2. The zero-order valence-corrected chi connectivity index (χ0v) is 21.6. The van der Waals surface area contributed by atoms with Gasteiger partial charge in [-0.1, -0.05) is 35.3 Å². The molecule has 4 rings (SSSR count). The number of nitrogens with two attached hydrogens (primary N) is 1. The van der Waals surface area contributed by atoms with Gasteiger partial charge in [0.25, 0.3) is 0 Å². The first kappa shape index (κ1) is 26.9. The van der Waals surface area contributed by atoms with Gasteiger partial charge in [-0.05, 0) is 41.5 Å². The third-order valence-corrected chi connectivity index (χ3v) is 6.69. The lowest BCUT2D eigenvalue weighted by Gasteiger charge is -2.26.